The largest absolute Gasteiger partial charge is 0.293 e. The molecule has 218 valence electrons. The number of rotatable bonds is 2. The van der Waals surface area contributed by atoms with Crippen LogP contribution in [0.4, 0.5) is 0 Å². The van der Waals surface area contributed by atoms with Gasteiger partial charge in [0.1, 0.15) is 5.65 Å². The van der Waals surface area contributed by atoms with Gasteiger partial charge in [0.2, 0.25) is 0 Å². The highest BCUT2D eigenvalue weighted by molar-refractivity contribution is 7.24. The number of aromatic nitrogens is 2. The number of fused-ring (bicyclic) bond motifs is 15. The molecule has 47 heavy (non-hydrogen) atoms. The number of hydrogen-bond donors (Lipinski definition) is 0. The molecule has 0 bridgehead atoms. The lowest BCUT2D eigenvalue weighted by molar-refractivity contribution is 1.15. The molecule has 2 aliphatic heterocycles. The summed E-state index contributed by atoms with van der Waals surface area (Å²) in [7, 11) is -2.47. The highest BCUT2D eigenvalue weighted by Gasteiger charge is 2.53. The van der Waals surface area contributed by atoms with Gasteiger partial charge in [0.25, 0.3) is 0 Å². The van der Waals surface area contributed by atoms with E-state index < -0.39 is 8.07 Å². The summed E-state index contributed by atoms with van der Waals surface area (Å²) in [5.74, 6) is 0. The first kappa shape index (κ1) is 25.3. The molecular weight excluding hydrogens is 585 g/mol. The molecule has 9 aromatic rings. The van der Waals surface area contributed by atoms with Crippen LogP contribution in [0.2, 0.25) is 0 Å². The average Bonchev–Trinajstić information content (AvgIpc) is 3.84. The van der Waals surface area contributed by atoms with Crippen molar-refractivity contribution in [3.05, 3.63) is 170 Å². The first-order valence-corrected chi connectivity index (χ1v) is 18.4. The van der Waals surface area contributed by atoms with Crippen LogP contribution < -0.4 is 20.7 Å². The summed E-state index contributed by atoms with van der Waals surface area (Å²) in [6, 6.07) is 63.5. The molecule has 0 atom stereocenters. The van der Waals surface area contributed by atoms with Crippen LogP contribution in [0.25, 0.3) is 66.7 Å². The monoisotopic (exact) mass is 612 g/mol. The minimum Gasteiger partial charge on any atom is -0.293 e. The van der Waals surface area contributed by atoms with Crippen LogP contribution in [0.5, 0.6) is 0 Å². The Morgan fingerprint density at radius 3 is 1.57 bits per heavy atom. The van der Waals surface area contributed by atoms with E-state index in [2.05, 4.69) is 179 Å². The fourth-order valence-electron chi connectivity index (χ4n) is 9.02. The third-order valence-corrected chi connectivity index (χ3v) is 15.7. The van der Waals surface area contributed by atoms with E-state index in [9.17, 15) is 0 Å². The lowest BCUT2D eigenvalue weighted by Crippen LogP contribution is -2.70. The lowest BCUT2D eigenvalue weighted by Gasteiger charge is -2.27. The predicted molar refractivity (Wildman–Crippen MR) is 199 cm³/mol. The maximum Gasteiger partial charge on any atom is 0.182 e. The zero-order chi connectivity index (χ0) is 30.7. The zero-order valence-electron chi connectivity index (χ0n) is 25.6. The Labute approximate surface area is 273 Å². The molecule has 4 heterocycles. The minimum atomic E-state index is -2.47. The van der Waals surface area contributed by atoms with Crippen LogP contribution in [-0.4, -0.2) is 17.0 Å². The van der Waals surface area contributed by atoms with Crippen molar-refractivity contribution in [2.75, 3.05) is 0 Å². The molecule has 11 rings (SSSR count). The molecule has 7 aromatic carbocycles. The molecule has 3 heteroatoms. The van der Waals surface area contributed by atoms with Gasteiger partial charge in [-0.05, 0) is 85.0 Å². The van der Waals surface area contributed by atoms with Gasteiger partial charge in [-0.25, -0.2) is 0 Å². The van der Waals surface area contributed by atoms with E-state index in [0.29, 0.717) is 0 Å². The highest BCUT2D eigenvalue weighted by atomic mass is 28.3. The maximum absolute atomic E-state index is 2.51. The molecule has 0 N–H and O–H groups in total. The Hall–Kier alpha value is -5.90. The van der Waals surface area contributed by atoms with E-state index in [0.717, 1.165) is 0 Å². The number of benzene rings is 7. The Kier molecular flexibility index (Phi) is 4.90. The van der Waals surface area contributed by atoms with Crippen molar-refractivity contribution >= 4 is 56.4 Å². The van der Waals surface area contributed by atoms with Gasteiger partial charge >= 0.3 is 0 Å². The molecule has 0 aliphatic carbocycles. The summed E-state index contributed by atoms with van der Waals surface area (Å²) in [5.41, 5.74) is 14.1. The predicted octanol–water partition coefficient (Wildman–Crippen LogP) is 8.04. The van der Waals surface area contributed by atoms with Gasteiger partial charge in [0.15, 0.2) is 8.07 Å². The quantitative estimate of drug-likeness (QED) is 0.175. The van der Waals surface area contributed by atoms with Crippen LogP contribution in [0.3, 0.4) is 0 Å². The fraction of sp³-hybridized carbons (Fsp3) is 0. The smallest absolute Gasteiger partial charge is 0.182 e. The summed E-state index contributed by atoms with van der Waals surface area (Å²) in [5, 5.41) is 7.31. The third-order valence-electron chi connectivity index (χ3n) is 10.7. The summed E-state index contributed by atoms with van der Waals surface area (Å²) in [4.78, 5) is 0. The van der Waals surface area contributed by atoms with Crippen molar-refractivity contribution in [1.82, 2.24) is 8.97 Å². The summed E-state index contributed by atoms with van der Waals surface area (Å²) in [6.45, 7) is 0. The summed E-state index contributed by atoms with van der Waals surface area (Å²) in [6.07, 6.45) is 0. The topological polar surface area (TPSA) is 9.34 Å². The highest BCUT2D eigenvalue weighted by Crippen LogP contribution is 2.43. The van der Waals surface area contributed by atoms with Gasteiger partial charge in [-0.2, -0.15) is 0 Å². The maximum atomic E-state index is 2.51. The van der Waals surface area contributed by atoms with Gasteiger partial charge in [-0.1, -0.05) is 133 Å². The number of para-hydroxylation sites is 4. The molecule has 0 saturated heterocycles. The molecule has 0 amide bonds. The molecule has 0 saturated carbocycles. The van der Waals surface area contributed by atoms with E-state index in [4.69, 9.17) is 0 Å². The standard InChI is InChI=1S/C44H28N2Si/c1-2-14-30(15-3-1)45-37-21-9-10-22-38(37)46-36-20-8-4-19-34(36)43(44(45)46)29-26-27-42-35(28-29)33-18-7-13-25-41(33)47(42)39-23-11-5-16-31(39)32-17-6-12-24-40(32)47/h1-28H. The molecule has 0 radical (unpaired) electrons. The van der Waals surface area contributed by atoms with Crippen LogP contribution >= 0.6 is 0 Å². The van der Waals surface area contributed by atoms with Gasteiger partial charge in [-0.15, -0.1) is 0 Å². The lowest BCUT2D eigenvalue weighted by atomic mass is 9.98. The second-order valence-electron chi connectivity index (χ2n) is 12.9. The van der Waals surface area contributed by atoms with E-state index in [1.807, 2.05) is 0 Å². The van der Waals surface area contributed by atoms with E-state index in [1.165, 1.54) is 87.4 Å². The number of nitrogens with zero attached hydrogens (tertiary/aromatic N) is 2. The third kappa shape index (κ3) is 3.05. The van der Waals surface area contributed by atoms with Gasteiger partial charge < -0.3 is 0 Å². The van der Waals surface area contributed by atoms with Gasteiger partial charge in [0.05, 0.1) is 16.6 Å². The summed E-state index contributed by atoms with van der Waals surface area (Å²) >= 11 is 0. The van der Waals surface area contributed by atoms with E-state index in [1.54, 1.807) is 0 Å². The van der Waals surface area contributed by atoms with Crippen molar-refractivity contribution in [2.45, 2.75) is 0 Å². The molecule has 2 aliphatic rings. The summed E-state index contributed by atoms with van der Waals surface area (Å²) < 4.78 is 4.92. The van der Waals surface area contributed by atoms with Crippen LogP contribution in [0.1, 0.15) is 0 Å². The van der Waals surface area contributed by atoms with Crippen LogP contribution in [-0.2, 0) is 0 Å². The SMILES string of the molecule is c1ccc(-n2c3ccccc3n3c4ccccc4c(-c4ccc5c(c4)-c4ccccc4[Si]54c5ccccc5-c5ccccc54)c23)cc1. The van der Waals surface area contributed by atoms with Gasteiger partial charge in [0, 0.05) is 16.6 Å². The zero-order valence-corrected chi connectivity index (χ0v) is 26.6. The normalized spacial score (nSPS) is 13.7. The molecular formula is C44H28N2Si. The molecule has 0 unspecified atom stereocenters. The van der Waals surface area contributed by atoms with Crippen LogP contribution in [0, 0.1) is 0 Å². The van der Waals surface area contributed by atoms with Crippen LogP contribution in [0.15, 0.2) is 170 Å². The first-order chi connectivity index (χ1) is 23.4. The van der Waals surface area contributed by atoms with Crippen molar-refractivity contribution in [3.8, 4) is 39.1 Å². The number of imidazole rings is 1. The van der Waals surface area contributed by atoms with Gasteiger partial charge in [-0.3, -0.25) is 8.97 Å². The average molecular weight is 613 g/mol. The van der Waals surface area contributed by atoms with E-state index >= 15 is 0 Å². The Morgan fingerprint density at radius 1 is 0.383 bits per heavy atom. The van der Waals surface area contributed by atoms with Crippen molar-refractivity contribution in [1.29, 1.82) is 0 Å². The molecule has 1 spiro atoms. The fourth-order valence-corrected chi connectivity index (χ4v) is 14.6. The Morgan fingerprint density at radius 2 is 0.894 bits per heavy atom. The van der Waals surface area contributed by atoms with Crippen molar-refractivity contribution in [2.24, 2.45) is 0 Å². The Bertz CT molecular complexity index is 2700. The van der Waals surface area contributed by atoms with Crippen molar-refractivity contribution in [3.63, 3.8) is 0 Å². The first-order valence-electron chi connectivity index (χ1n) is 16.4. The molecule has 0 fully saturated rings. The molecule has 2 nitrogen and oxygen atoms in total. The van der Waals surface area contributed by atoms with Crippen molar-refractivity contribution < 1.29 is 0 Å². The Balaban J connectivity index is 1.27. The number of hydrogen-bond acceptors (Lipinski definition) is 0. The molecule has 2 aromatic heterocycles. The second-order valence-corrected chi connectivity index (χ2v) is 16.5. The van der Waals surface area contributed by atoms with E-state index in [-0.39, 0.29) is 0 Å². The minimum absolute atomic E-state index is 1.17. The second kappa shape index (κ2) is 9.09.